The van der Waals surface area contributed by atoms with Crippen molar-refractivity contribution in [3.63, 3.8) is 0 Å². The van der Waals surface area contributed by atoms with Crippen LogP contribution in [-0.4, -0.2) is 36.1 Å². The molecule has 0 aliphatic carbocycles. The lowest BCUT2D eigenvalue weighted by molar-refractivity contribution is 0.194. The topological polar surface area (TPSA) is 28.2 Å². The van der Waals surface area contributed by atoms with Gasteiger partial charge in [-0.3, -0.25) is 0 Å². The van der Waals surface area contributed by atoms with E-state index in [1.165, 1.54) is 60.9 Å². The highest BCUT2D eigenvalue weighted by Gasteiger charge is 2.16. The van der Waals surface area contributed by atoms with Gasteiger partial charge in [-0.05, 0) is 51.7 Å². The van der Waals surface area contributed by atoms with E-state index in [1.54, 1.807) is 0 Å². The van der Waals surface area contributed by atoms with Crippen LogP contribution in [0.15, 0.2) is 0 Å². The van der Waals surface area contributed by atoms with Gasteiger partial charge in [0, 0.05) is 24.4 Å². The molecule has 1 aromatic heterocycles. The molecular weight excluding hydrogens is 278 g/mol. The second kappa shape index (κ2) is 8.86. The lowest BCUT2D eigenvalue weighted by Gasteiger charge is -2.29. The fourth-order valence-corrected chi connectivity index (χ4v) is 3.83. The molecule has 2 heterocycles. The number of rotatable bonds is 8. The van der Waals surface area contributed by atoms with Gasteiger partial charge in [0.15, 0.2) is 0 Å². The maximum atomic E-state index is 4.76. The molecule has 21 heavy (non-hydrogen) atoms. The SMILES string of the molecule is CCCCNCc1sc(CCN2CCC(C)CC2)nc1C. The molecule has 1 aliphatic rings. The first kappa shape index (κ1) is 16.9. The van der Waals surface area contributed by atoms with Gasteiger partial charge in [-0.1, -0.05) is 20.3 Å². The predicted molar refractivity (Wildman–Crippen MR) is 92.0 cm³/mol. The molecule has 1 aliphatic heterocycles. The normalized spacial score (nSPS) is 17.5. The average molecular weight is 310 g/mol. The number of nitrogens with zero attached hydrogens (tertiary/aromatic N) is 2. The number of likely N-dealkylation sites (tertiary alicyclic amines) is 1. The Morgan fingerprint density at radius 2 is 2.10 bits per heavy atom. The van der Waals surface area contributed by atoms with Gasteiger partial charge in [0.25, 0.3) is 0 Å². The predicted octanol–water partition coefficient (Wildman–Crippen LogP) is 3.62. The molecule has 120 valence electrons. The summed E-state index contributed by atoms with van der Waals surface area (Å²) in [4.78, 5) is 8.79. The maximum absolute atomic E-state index is 4.76. The molecule has 3 nitrogen and oxygen atoms in total. The van der Waals surface area contributed by atoms with Crippen LogP contribution in [0.4, 0.5) is 0 Å². The van der Waals surface area contributed by atoms with Crippen molar-refractivity contribution in [2.24, 2.45) is 5.92 Å². The quantitative estimate of drug-likeness (QED) is 0.744. The summed E-state index contributed by atoms with van der Waals surface area (Å²) in [7, 11) is 0. The van der Waals surface area contributed by atoms with E-state index in [1.807, 2.05) is 11.3 Å². The molecular formula is C17H31N3S. The zero-order valence-electron chi connectivity index (χ0n) is 14.0. The van der Waals surface area contributed by atoms with E-state index >= 15 is 0 Å². The van der Waals surface area contributed by atoms with Crippen molar-refractivity contribution in [3.05, 3.63) is 15.6 Å². The molecule has 4 heteroatoms. The molecule has 0 atom stereocenters. The number of unbranched alkanes of at least 4 members (excludes halogenated alkanes) is 1. The van der Waals surface area contributed by atoms with Gasteiger partial charge in [-0.25, -0.2) is 4.98 Å². The Morgan fingerprint density at radius 3 is 2.81 bits per heavy atom. The van der Waals surface area contributed by atoms with Crippen LogP contribution < -0.4 is 5.32 Å². The largest absolute Gasteiger partial charge is 0.312 e. The highest BCUT2D eigenvalue weighted by molar-refractivity contribution is 7.11. The number of hydrogen-bond donors (Lipinski definition) is 1. The molecule has 0 bridgehead atoms. The summed E-state index contributed by atoms with van der Waals surface area (Å²) in [6, 6.07) is 0. The third-order valence-corrected chi connectivity index (χ3v) is 5.66. The summed E-state index contributed by atoms with van der Waals surface area (Å²) < 4.78 is 0. The van der Waals surface area contributed by atoms with E-state index in [9.17, 15) is 0 Å². The van der Waals surface area contributed by atoms with Gasteiger partial charge < -0.3 is 10.2 Å². The molecule has 0 aromatic carbocycles. The Labute approximate surface area is 134 Å². The van der Waals surface area contributed by atoms with Crippen molar-refractivity contribution in [2.75, 3.05) is 26.2 Å². The van der Waals surface area contributed by atoms with E-state index in [-0.39, 0.29) is 0 Å². The fourth-order valence-electron chi connectivity index (χ4n) is 2.80. The van der Waals surface area contributed by atoms with Crippen molar-refractivity contribution in [1.29, 1.82) is 0 Å². The monoisotopic (exact) mass is 309 g/mol. The van der Waals surface area contributed by atoms with Crippen LogP contribution in [-0.2, 0) is 13.0 Å². The second-order valence-corrected chi connectivity index (χ2v) is 7.59. The fraction of sp³-hybridized carbons (Fsp3) is 0.824. The van der Waals surface area contributed by atoms with E-state index in [0.29, 0.717) is 0 Å². The molecule has 0 spiro atoms. The van der Waals surface area contributed by atoms with Crippen LogP contribution in [0, 0.1) is 12.8 Å². The van der Waals surface area contributed by atoms with Gasteiger partial charge in [0.2, 0.25) is 0 Å². The smallest absolute Gasteiger partial charge is 0.0944 e. The van der Waals surface area contributed by atoms with E-state index in [0.717, 1.165) is 25.4 Å². The average Bonchev–Trinajstić information content (AvgIpc) is 2.83. The standard InChI is InChI=1S/C17H31N3S/c1-4-5-9-18-13-16-15(3)19-17(21-16)8-12-20-10-6-14(2)7-11-20/h14,18H,4-13H2,1-3H3. The first-order valence-corrected chi connectivity index (χ1v) is 9.39. The molecule has 1 saturated heterocycles. The molecule has 0 saturated carbocycles. The van der Waals surface area contributed by atoms with Crippen LogP contribution in [0.2, 0.25) is 0 Å². The molecule has 0 radical (unpaired) electrons. The minimum Gasteiger partial charge on any atom is -0.312 e. The van der Waals surface area contributed by atoms with E-state index in [4.69, 9.17) is 4.98 Å². The number of aryl methyl sites for hydroxylation is 1. The van der Waals surface area contributed by atoms with Crippen molar-refractivity contribution in [2.45, 2.75) is 59.4 Å². The first-order valence-electron chi connectivity index (χ1n) is 8.57. The van der Waals surface area contributed by atoms with Gasteiger partial charge in [0.1, 0.15) is 0 Å². The van der Waals surface area contributed by atoms with Crippen LogP contribution in [0.1, 0.15) is 55.1 Å². The van der Waals surface area contributed by atoms with E-state index in [2.05, 4.69) is 31.0 Å². The van der Waals surface area contributed by atoms with Crippen molar-refractivity contribution >= 4 is 11.3 Å². The number of thiazole rings is 1. The number of hydrogen-bond acceptors (Lipinski definition) is 4. The summed E-state index contributed by atoms with van der Waals surface area (Å²) in [6.45, 7) is 12.6. The first-order chi connectivity index (χ1) is 10.2. The Kier molecular flexibility index (Phi) is 7.14. The molecule has 0 amide bonds. The Balaban J connectivity index is 1.73. The minimum atomic E-state index is 0.921. The van der Waals surface area contributed by atoms with Crippen LogP contribution in [0.3, 0.4) is 0 Å². The molecule has 1 aromatic rings. The van der Waals surface area contributed by atoms with Crippen LogP contribution in [0.5, 0.6) is 0 Å². The Morgan fingerprint density at radius 1 is 1.33 bits per heavy atom. The number of nitrogens with one attached hydrogen (secondary N) is 1. The third kappa shape index (κ3) is 5.68. The lowest BCUT2D eigenvalue weighted by Crippen LogP contribution is -2.34. The highest BCUT2D eigenvalue weighted by atomic mass is 32.1. The summed E-state index contributed by atoms with van der Waals surface area (Å²) in [5.74, 6) is 0.921. The van der Waals surface area contributed by atoms with Crippen molar-refractivity contribution < 1.29 is 0 Å². The zero-order valence-corrected chi connectivity index (χ0v) is 14.8. The highest BCUT2D eigenvalue weighted by Crippen LogP contribution is 2.20. The number of piperidine rings is 1. The molecule has 2 rings (SSSR count). The van der Waals surface area contributed by atoms with Crippen LogP contribution in [0.25, 0.3) is 0 Å². The van der Waals surface area contributed by atoms with Crippen LogP contribution >= 0.6 is 11.3 Å². The Hall–Kier alpha value is -0.450. The summed E-state index contributed by atoms with van der Waals surface area (Å²) in [5, 5.41) is 4.85. The van der Waals surface area contributed by atoms with Gasteiger partial charge in [-0.2, -0.15) is 0 Å². The van der Waals surface area contributed by atoms with Gasteiger partial charge in [-0.15, -0.1) is 11.3 Å². The minimum absolute atomic E-state index is 0.921. The zero-order chi connectivity index (χ0) is 15.1. The van der Waals surface area contributed by atoms with Crippen molar-refractivity contribution in [1.82, 2.24) is 15.2 Å². The summed E-state index contributed by atoms with van der Waals surface area (Å²) in [6.07, 6.45) is 6.37. The van der Waals surface area contributed by atoms with Gasteiger partial charge in [0.05, 0.1) is 10.7 Å². The second-order valence-electron chi connectivity index (χ2n) is 6.42. The third-order valence-electron chi connectivity index (χ3n) is 4.45. The molecule has 0 unspecified atom stereocenters. The number of aromatic nitrogens is 1. The lowest BCUT2D eigenvalue weighted by atomic mass is 9.99. The van der Waals surface area contributed by atoms with Gasteiger partial charge >= 0.3 is 0 Å². The van der Waals surface area contributed by atoms with E-state index < -0.39 is 0 Å². The summed E-state index contributed by atoms with van der Waals surface area (Å²) >= 11 is 1.91. The molecule has 1 fully saturated rings. The van der Waals surface area contributed by atoms with Crippen molar-refractivity contribution in [3.8, 4) is 0 Å². The Bertz CT molecular complexity index is 408. The molecule has 1 N–H and O–H groups in total. The maximum Gasteiger partial charge on any atom is 0.0944 e. The summed E-state index contributed by atoms with van der Waals surface area (Å²) in [5.41, 5.74) is 1.23.